The number of carbonyl (C=O) groups excluding carboxylic acids is 1. The van der Waals surface area contributed by atoms with E-state index in [1.165, 1.54) is 6.20 Å². The molecule has 0 atom stereocenters. The van der Waals surface area contributed by atoms with Gasteiger partial charge < -0.3 is 15.4 Å². The molecule has 1 aromatic heterocycles. The largest absolute Gasteiger partial charge is 0.491 e. The maximum Gasteiger partial charge on any atom is 0.259 e. The molecule has 0 saturated carbocycles. The Labute approximate surface area is 117 Å². The molecule has 2 N–H and O–H groups in total. The zero-order valence-corrected chi connectivity index (χ0v) is 11.0. The van der Waals surface area contributed by atoms with E-state index in [9.17, 15) is 4.79 Å². The number of ether oxygens (including phenoxy) is 1. The van der Waals surface area contributed by atoms with E-state index >= 15 is 0 Å². The number of aromatic nitrogens is 1. The molecule has 3 rings (SSSR count). The van der Waals surface area contributed by atoms with Gasteiger partial charge in [-0.2, -0.15) is 0 Å². The molecule has 0 unspecified atom stereocenters. The summed E-state index contributed by atoms with van der Waals surface area (Å²) in [4.78, 5) is 18.3. The molecule has 1 aliphatic heterocycles. The van der Waals surface area contributed by atoms with E-state index in [-0.39, 0.29) is 5.91 Å². The zero-order valence-electron chi connectivity index (χ0n) is 11.0. The third-order valence-electron chi connectivity index (χ3n) is 3.22. The maximum absolute atomic E-state index is 12.6. The number of fused-ring (bicyclic) bond motifs is 1. The number of benzene rings is 1. The van der Waals surface area contributed by atoms with Crippen molar-refractivity contribution in [2.24, 2.45) is 0 Å². The smallest absolute Gasteiger partial charge is 0.259 e. The van der Waals surface area contributed by atoms with Gasteiger partial charge >= 0.3 is 0 Å². The van der Waals surface area contributed by atoms with Gasteiger partial charge in [-0.3, -0.25) is 4.79 Å². The molecule has 1 aromatic carbocycles. The molecule has 2 heterocycles. The number of hydrogen-bond acceptors (Lipinski definition) is 4. The van der Waals surface area contributed by atoms with Gasteiger partial charge in [0.1, 0.15) is 11.6 Å². The highest BCUT2D eigenvalue weighted by Gasteiger charge is 2.23. The van der Waals surface area contributed by atoms with Crippen LogP contribution in [0.5, 0.6) is 5.75 Å². The lowest BCUT2D eigenvalue weighted by molar-refractivity contribution is 0.0987. The Morgan fingerprint density at radius 1 is 1.25 bits per heavy atom. The van der Waals surface area contributed by atoms with Crippen molar-refractivity contribution in [2.75, 3.05) is 23.8 Å². The minimum absolute atomic E-state index is 0.0875. The average Bonchev–Trinajstić information content (AvgIpc) is 2.69. The van der Waals surface area contributed by atoms with E-state index in [4.69, 9.17) is 10.5 Å². The molecular formula is C15H15N3O2. The maximum atomic E-state index is 12.6. The predicted molar refractivity (Wildman–Crippen MR) is 76.9 cm³/mol. The standard InChI is InChI=1S/C15H15N3O2/c16-14-7-6-11(10-17-14)15(19)18-8-3-9-20-13-5-2-1-4-12(13)18/h1-2,4-7,10H,3,8-9H2,(H2,16,17). The molecule has 5 heteroatoms. The lowest BCUT2D eigenvalue weighted by Gasteiger charge is -2.21. The van der Waals surface area contributed by atoms with Crippen LogP contribution in [0.25, 0.3) is 0 Å². The summed E-state index contributed by atoms with van der Waals surface area (Å²) < 4.78 is 5.65. The Hall–Kier alpha value is -2.56. The molecule has 1 amide bonds. The normalized spacial score (nSPS) is 14.1. The second-order valence-corrected chi connectivity index (χ2v) is 4.60. The van der Waals surface area contributed by atoms with Crippen molar-refractivity contribution in [3.8, 4) is 5.75 Å². The zero-order chi connectivity index (χ0) is 13.9. The summed E-state index contributed by atoms with van der Waals surface area (Å²) in [6, 6.07) is 10.9. The molecule has 0 fully saturated rings. The summed E-state index contributed by atoms with van der Waals surface area (Å²) >= 11 is 0. The SMILES string of the molecule is Nc1ccc(C(=O)N2CCCOc3ccccc32)cn1. The Morgan fingerprint density at radius 3 is 2.90 bits per heavy atom. The molecule has 102 valence electrons. The van der Waals surface area contributed by atoms with Crippen molar-refractivity contribution in [2.45, 2.75) is 6.42 Å². The lowest BCUT2D eigenvalue weighted by Crippen LogP contribution is -2.31. The van der Waals surface area contributed by atoms with Gasteiger partial charge in [-0.25, -0.2) is 4.98 Å². The third-order valence-corrected chi connectivity index (χ3v) is 3.22. The van der Waals surface area contributed by atoms with E-state index in [1.807, 2.05) is 24.3 Å². The van der Waals surface area contributed by atoms with Crippen molar-refractivity contribution in [1.82, 2.24) is 4.98 Å². The average molecular weight is 269 g/mol. The quantitative estimate of drug-likeness (QED) is 0.860. The predicted octanol–water partition coefficient (Wildman–Crippen LogP) is 2.09. The van der Waals surface area contributed by atoms with Gasteiger partial charge in [0, 0.05) is 12.7 Å². The third kappa shape index (κ3) is 2.30. The number of pyridine rings is 1. The second-order valence-electron chi connectivity index (χ2n) is 4.60. The van der Waals surface area contributed by atoms with E-state index in [0.717, 1.165) is 17.9 Å². The first kappa shape index (κ1) is 12.5. The summed E-state index contributed by atoms with van der Waals surface area (Å²) in [5.74, 6) is 1.05. The Bertz CT molecular complexity index is 625. The van der Waals surface area contributed by atoms with Gasteiger partial charge in [-0.1, -0.05) is 12.1 Å². The number of para-hydroxylation sites is 2. The Balaban J connectivity index is 1.97. The first-order valence-corrected chi connectivity index (χ1v) is 6.51. The second kappa shape index (κ2) is 5.21. The number of carbonyl (C=O) groups is 1. The summed E-state index contributed by atoms with van der Waals surface area (Å²) in [6.45, 7) is 1.24. The molecular weight excluding hydrogens is 254 g/mol. The Kier molecular flexibility index (Phi) is 3.25. The number of hydrogen-bond donors (Lipinski definition) is 1. The lowest BCUT2D eigenvalue weighted by atomic mass is 10.2. The highest BCUT2D eigenvalue weighted by Crippen LogP contribution is 2.31. The number of rotatable bonds is 1. The van der Waals surface area contributed by atoms with Crippen LogP contribution in [0, 0.1) is 0 Å². The summed E-state index contributed by atoms with van der Waals surface area (Å²) in [5, 5.41) is 0. The minimum atomic E-state index is -0.0875. The molecule has 1 aliphatic rings. The minimum Gasteiger partial charge on any atom is -0.491 e. The molecule has 0 radical (unpaired) electrons. The van der Waals surface area contributed by atoms with Gasteiger partial charge in [0.15, 0.2) is 0 Å². The van der Waals surface area contributed by atoms with Crippen molar-refractivity contribution in [3.63, 3.8) is 0 Å². The monoisotopic (exact) mass is 269 g/mol. The summed E-state index contributed by atoms with van der Waals surface area (Å²) in [7, 11) is 0. The van der Waals surface area contributed by atoms with Crippen molar-refractivity contribution < 1.29 is 9.53 Å². The van der Waals surface area contributed by atoms with Crippen molar-refractivity contribution in [3.05, 3.63) is 48.2 Å². The fourth-order valence-electron chi connectivity index (χ4n) is 2.23. The number of nitrogens with zero attached hydrogens (tertiary/aromatic N) is 2. The van der Waals surface area contributed by atoms with Crippen LogP contribution in [0.3, 0.4) is 0 Å². The summed E-state index contributed by atoms with van der Waals surface area (Å²) in [5.41, 5.74) is 6.87. The van der Waals surface area contributed by atoms with Gasteiger partial charge in [0.2, 0.25) is 0 Å². The topological polar surface area (TPSA) is 68.5 Å². The van der Waals surface area contributed by atoms with Crippen molar-refractivity contribution in [1.29, 1.82) is 0 Å². The number of amides is 1. The molecule has 0 saturated heterocycles. The fourth-order valence-corrected chi connectivity index (χ4v) is 2.23. The van der Waals surface area contributed by atoms with Crippen LogP contribution in [-0.2, 0) is 0 Å². The van der Waals surface area contributed by atoms with Gasteiger partial charge in [0.25, 0.3) is 5.91 Å². The van der Waals surface area contributed by atoms with E-state index in [1.54, 1.807) is 17.0 Å². The van der Waals surface area contributed by atoms with Crippen LogP contribution in [0.4, 0.5) is 11.5 Å². The van der Waals surface area contributed by atoms with Crippen LogP contribution in [0.15, 0.2) is 42.6 Å². The van der Waals surface area contributed by atoms with E-state index in [0.29, 0.717) is 24.5 Å². The van der Waals surface area contributed by atoms with Crippen LogP contribution in [0.1, 0.15) is 16.8 Å². The van der Waals surface area contributed by atoms with Crippen LogP contribution >= 0.6 is 0 Å². The molecule has 0 spiro atoms. The molecule has 5 nitrogen and oxygen atoms in total. The molecule has 2 aromatic rings. The first-order valence-electron chi connectivity index (χ1n) is 6.51. The number of nitrogens with two attached hydrogens (primary N) is 1. The highest BCUT2D eigenvalue weighted by molar-refractivity contribution is 6.06. The van der Waals surface area contributed by atoms with E-state index < -0.39 is 0 Å². The van der Waals surface area contributed by atoms with Gasteiger partial charge in [-0.15, -0.1) is 0 Å². The van der Waals surface area contributed by atoms with Crippen molar-refractivity contribution >= 4 is 17.4 Å². The Morgan fingerprint density at radius 2 is 2.10 bits per heavy atom. The first-order chi connectivity index (χ1) is 9.75. The summed E-state index contributed by atoms with van der Waals surface area (Å²) in [6.07, 6.45) is 2.30. The molecule has 0 aliphatic carbocycles. The van der Waals surface area contributed by atoms with Crippen LogP contribution in [0.2, 0.25) is 0 Å². The molecule has 20 heavy (non-hydrogen) atoms. The van der Waals surface area contributed by atoms with Crippen LogP contribution in [-0.4, -0.2) is 24.0 Å². The molecule has 0 bridgehead atoms. The van der Waals surface area contributed by atoms with E-state index in [2.05, 4.69) is 4.98 Å². The highest BCUT2D eigenvalue weighted by atomic mass is 16.5. The van der Waals surface area contributed by atoms with Crippen LogP contribution < -0.4 is 15.4 Å². The number of anilines is 2. The van der Waals surface area contributed by atoms with Gasteiger partial charge in [-0.05, 0) is 30.7 Å². The fraction of sp³-hybridized carbons (Fsp3) is 0.200. The number of nitrogen functional groups attached to an aromatic ring is 1. The van der Waals surface area contributed by atoms with Gasteiger partial charge in [0.05, 0.1) is 17.9 Å².